The second kappa shape index (κ2) is 11.8. The van der Waals surface area contributed by atoms with Gasteiger partial charge >= 0.3 is 0 Å². The first-order valence-electron chi connectivity index (χ1n) is 11.7. The fraction of sp³-hybridized carbons (Fsp3) is 0.333. The van der Waals surface area contributed by atoms with Crippen molar-refractivity contribution in [2.45, 2.75) is 44.8 Å². The van der Waals surface area contributed by atoms with E-state index in [9.17, 15) is 14.7 Å². The molecule has 2 heterocycles. The van der Waals surface area contributed by atoms with Crippen molar-refractivity contribution in [2.24, 2.45) is 5.73 Å². The first-order valence-corrected chi connectivity index (χ1v) is 11.7. The number of carbonyl (C=O) groups excluding carboxylic acids is 1. The zero-order valence-corrected chi connectivity index (χ0v) is 19.5. The molecule has 0 aliphatic carbocycles. The van der Waals surface area contributed by atoms with Crippen molar-refractivity contribution in [3.05, 3.63) is 99.5 Å². The molecule has 8 nitrogen and oxygen atoms in total. The number of carbonyl (C=O) groups is 1. The van der Waals surface area contributed by atoms with E-state index in [4.69, 9.17) is 19.9 Å². The van der Waals surface area contributed by atoms with Crippen LogP contribution in [0.25, 0.3) is 0 Å². The summed E-state index contributed by atoms with van der Waals surface area (Å²) < 4.78 is 20.1. The first-order chi connectivity index (χ1) is 17.1. The monoisotopic (exact) mass is 478 g/mol. The number of ether oxygens (including phenoxy) is 3. The van der Waals surface area contributed by atoms with Crippen LogP contribution >= 0.6 is 0 Å². The van der Waals surface area contributed by atoms with E-state index >= 15 is 0 Å². The number of aromatic nitrogens is 1. The number of nitrogens with zero attached hydrogens (tertiary/aromatic N) is 1. The van der Waals surface area contributed by atoms with E-state index in [1.807, 2.05) is 30.3 Å². The van der Waals surface area contributed by atoms with Gasteiger partial charge in [0.05, 0.1) is 12.3 Å². The number of pyridine rings is 1. The van der Waals surface area contributed by atoms with Crippen LogP contribution in [0.5, 0.6) is 5.75 Å². The molecule has 35 heavy (non-hydrogen) atoms. The molecule has 2 unspecified atom stereocenters. The van der Waals surface area contributed by atoms with Crippen LogP contribution in [-0.4, -0.2) is 35.1 Å². The molecule has 1 aliphatic heterocycles. The molecule has 0 spiro atoms. The molecule has 2 aromatic carbocycles. The summed E-state index contributed by atoms with van der Waals surface area (Å²) in [6.45, 7) is 0.885. The Morgan fingerprint density at radius 2 is 1.89 bits per heavy atom. The van der Waals surface area contributed by atoms with Crippen molar-refractivity contribution in [3.63, 3.8) is 0 Å². The lowest BCUT2D eigenvalue weighted by atomic mass is 10.0. The summed E-state index contributed by atoms with van der Waals surface area (Å²) in [5, 5.41) is 9.73. The highest BCUT2D eigenvalue weighted by Crippen LogP contribution is 2.34. The van der Waals surface area contributed by atoms with E-state index in [0.29, 0.717) is 29.8 Å². The molecule has 0 saturated carbocycles. The molecule has 0 bridgehead atoms. The molecule has 1 fully saturated rings. The van der Waals surface area contributed by atoms with Crippen LogP contribution in [0.4, 0.5) is 0 Å². The Balaban J connectivity index is 1.79. The molecule has 1 amide bonds. The van der Waals surface area contributed by atoms with Crippen LogP contribution in [0, 0.1) is 0 Å². The van der Waals surface area contributed by atoms with Gasteiger partial charge in [0.1, 0.15) is 12.7 Å². The Labute approximate surface area is 203 Å². The molecule has 3 aromatic rings. The predicted molar refractivity (Wildman–Crippen MR) is 130 cm³/mol. The quantitative estimate of drug-likeness (QED) is 0.463. The Kier molecular flexibility index (Phi) is 8.31. The minimum absolute atomic E-state index is 0.138. The fourth-order valence-electron chi connectivity index (χ4n) is 4.11. The van der Waals surface area contributed by atoms with Gasteiger partial charge in [-0.1, -0.05) is 42.5 Å². The zero-order chi connectivity index (χ0) is 24.6. The number of hydrogen-bond acceptors (Lipinski definition) is 6. The second-order valence-corrected chi connectivity index (χ2v) is 8.38. The van der Waals surface area contributed by atoms with Gasteiger partial charge in [-0.2, -0.15) is 0 Å². The van der Waals surface area contributed by atoms with Crippen molar-refractivity contribution < 1.29 is 24.1 Å². The molecule has 184 valence electrons. The van der Waals surface area contributed by atoms with E-state index in [0.717, 1.165) is 18.4 Å². The first kappa shape index (κ1) is 24.7. The summed E-state index contributed by atoms with van der Waals surface area (Å²) in [5.74, 6) is -0.391. The SMILES string of the molecule is NC(=O)c1ccc(C(OC2CCCCO2)c2c(OCc3ccccc3)c(=O)ccn2CCO)cc1. The van der Waals surface area contributed by atoms with Crippen LogP contribution in [-0.2, 0) is 22.6 Å². The minimum Gasteiger partial charge on any atom is -0.483 e. The lowest BCUT2D eigenvalue weighted by Gasteiger charge is -2.30. The van der Waals surface area contributed by atoms with Crippen molar-refractivity contribution in [1.82, 2.24) is 4.57 Å². The molecule has 1 saturated heterocycles. The van der Waals surface area contributed by atoms with Crippen molar-refractivity contribution in [1.29, 1.82) is 0 Å². The van der Waals surface area contributed by atoms with Crippen molar-refractivity contribution in [3.8, 4) is 5.75 Å². The van der Waals surface area contributed by atoms with Crippen LogP contribution in [0.15, 0.2) is 71.7 Å². The maximum Gasteiger partial charge on any atom is 0.248 e. The summed E-state index contributed by atoms with van der Waals surface area (Å²) >= 11 is 0. The average Bonchev–Trinajstić information content (AvgIpc) is 2.89. The minimum atomic E-state index is -0.744. The fourth-order valence-corrected chi connectivity index (χ4v) is 4.11. The van der Waals surface area contributed by atoms with Gasteiger partial charge in [-0.15, -0.1) is 0 Å². The van der Waals surface area contributed by atoms with Gasteiger partial charge in [-0.25, -0.2) is 0 Å². The van der Waals surface area contributed by atoms with E-state index in [1.165, 1.54) is 6.07 Å². The number of hydrogen-bond donors (Lipinski definition) is 2. The maximum atomic E-state index is 13.0. The lowest BCUT2D eigenvalue weighted by molar-refractivity contribution is -0.183. The van der Waals surface area contributed by atoms with Crippen LogP contribution in [0.3, 0.4) is 0 Å². The van der Waals surface area contributed by atoms with Gasteiger partial charge < -0.3 is 29.6 Å². The third-order valence-corrected chi connectivity index (χ3v) is 5.91. The summed E-state index contributed by atoms with van der Waals surface area (Å²) in [4.78, 5) is 24.6. The summed E-state index contributed by atoms with van der Waals surface area (Å²) in [6.07, 6.45) is 3.06. The number of nitrogens with two attached hydrogens (primary N) is 1. The number of aliphatic hydroxyl groups excluding tert-OH is 1. The average molecular weight is 479 g/mol. The highest BCUT2D eigenvalue weighted by atomic mass is 16.7. The van der Waals surface area contributed by atoms with E-state index in [2.05, 4.69) is 0 Å². The Bertz CT molecular complexity index is 1170. The van der Waals surface area contributed by atoms with Gasteiger partial charge in [0.25, 0.3) is 0 Å². The van der Waals surface area contributed by atoms with Gasteiger partial charge in [0.15, 0.2) is 12.0 Å². The third-order valence-electron chi connectivity index (χ3n) is 5.91. The van der Waals surface area contributed by atoms with Crippen LogP contribution in [0.2, 0.25) is 0 Å². The Morgan fingerprint density at radius 3 is 2.54 bits per heavy atom. The van der Waals surface area contributed by atoms with Gasteiger partial charge in [0.2, 0.25) is 11.3 Å². The van der Waals surface area contributed by atoms with E-state index in [-0.39, 0.29) is 30.9 Å². The normalized spacial score (nSPS) is 16.5. The third kappa shape index (κ3) is 6.16. The van der Waals surface area contributed by atoms with E-state index < -0.39 is 18.3 Å². The van der Waals surface area contributed by atoms with Crippen molar-refractivity contribution in [2.75, 3.05) is 13.2 Å². The summed E-state index contributed by atoms with van der Waals surface area (Å²) in [6, 6.07) is 17.7. The highest BCUT2D eigenvalue weighted by molar-refractivity contribution is 5.92. The smallest absolute Gasteiger partial charge is 0.248 e. The number of amides is 1. The Hall–Kier alpha value is -3.46. The van der Waals surface area contributed by atoms with Crippen molar-refractivity contribution >= 4 is 5.91 Å². The number of rotatable bonds is 10. The molecule has 4 rings (SSSR count). The van der Waals surface area contributed by atoms with Crippen LogP contribution < -0.4 is 15.9 Å². The molecule has 2 atom stereocenters. The topological polar surface area (TPSA) is 113 Å². The highest BCUT2D eigenvalue weighted by Gasteiger charge is 2.29. The number of aliphatic hydroxyl groups is 1. The number of primary amides is 1. The largest absolute Gasteiger partial charge is 0.483 e. The zero-order valence-electron chi connectivity index (χ0n) is 19.5. The molecule has 1 aromatic heterocycles. The standard InChI is InChI=1S/C27H30N2O6/c28-27(32)21-11-9-20(10-12-21)25(35-23-8-4-5-17-33-23)24-26(22(31)13-14-29(24)15-16-30)34-18-19-6-2-1-3-7-19/h1-3,6-7,9-14,23,25,30H,4-5,8,15-18H2,(H2,28,32). The Morgan fingerprint density at radius 1 is 1.11 bits per heavy atom. The molecule has 3 N–H and O–H groups in total. The van der Waals surface area contributed by atoms with Gasteiger partial charge in [0, 0.05) is 31.0 Å². The predicted octanol–water partition coefficient (Wildman–Crippen LogP) is 3.15. The van der Waals surface area contributed by atoms with Gasteiger partial charge in [-0.3, -0.25) is 9.59 Å². The van der Waals surface area contributed by atoms with Crippen LogP contribution in [0.1, 0.15) is 52.5 Å². The summed E-state index contributed by atoms with van der Waals surface area (Å²) in [7, 11) is 0. The number of benzene rings is 2. The molecular formula is C27H30N2O6. The van der Waals surface area contributed by atoms with Gasteiger partial charge in [-0.05, 0) is 42.5 Å². The maximum absolute atomic E-state index is 13.0. The summed E-state index contributed by atoms with van der Waals surface area (Å²) in [5.41, 5.74) is 7.58. The molecular weight excluding hydrogens is 448 g/mol. The molecule has 0 radical (unpaired) electrons. The van der Waals surface area contributed by atoms with E-state index in [1.54, 1.807) is 35.0 Å². The molecule has 1 aliphatic rings. The second-order valence-electron chi connectivity index (χ2n) is 8.38. The molecule has 8 heteroatoms. The lowest BCUT2D eigenvalue weighted by Crippen LogP contribution is -2.28.